The van der Waals surface area contributed by atoms with Crippen LogP contribution in [0.2, 0.25) is 5.02 Å². The van der Waals surface area contributed by atoms with Crippen LogP contribution in [0.3, 0.4) is 0 Å². The molecule has 8 heteroatoms. The molecule has 38 heavy (non-hydrogen) atoms. The normalized spacial score (nSPS) is 13.7. The molecule has 6 nitrogen and oxygen atoms in total. The van der Waals surface area contributed by atoms with Gasteiger partial charge >= 0.3 is 11.6 Å². The highest BCUT2D eigenvalue weighted by molar-refractivity contribution is 14.1. The molecule has 0 atom stereocenters. The van der Waals surface area contributed by atoms with E-state index in [2.05, 4.69) is 27.5 Å². The molecule has 2 heterocycles. The molecular formula is C30H27ClINO5. The van der Waals surface area contributed by atoms with Gasteiger partial charge in [0.2, 0.25) is 0 Å². The molecule has 0 bridgehead atoms. The molecule has 1 aliphatic rings. The zero-order valence-electron chi connectivity index (χ0n) is 21.0. The second-order valence-corrected chi connectivity index (χ2v) is 10.9. The van der Waals surface area contributed by atoms with E-state index in [-0.39, 0.29) is 0 Å². The average Bonchev–Trinajstić information content (AvgIpc) is 3.39. The van der Waals surface area contributed by atoms with Crippen molar-refractivity contribution in [1.29, 1.82) is 0 Å². The Kier molecular flexibility index (Phi) is 8.35. The molecule has 0 aliphatic carbocycles. The maximum Gasteiger partial charge on any atom is 0.344 e. The van der Waals surface area contributed by atoms with Crippen LogP contribution in [0.15, 0.2) is 69.9 Å². The first-order valence-electron chi connectivity index (χ1n) is 12.5. The van der Waals surface area contributed by atoms with Gasteiger partial charge in [0.15, 0.2) is 0 Å². The van der Waals surface area contributed by atoms with Gasteiger partial charge in [-0.1, -0.05) is 29.8 Å². The third kappa shape index (κ3) is 6.22. The minimum Gasteiger partial charge on any atom is -0.492 e. The Labute approximate surface area is 239 Å². The SMILES string of the molecule is CC(=O)Oc1ccc2c(Cc3ccc(OCCN4CCCC4)cc3)c(-c3ccc(Cl)cc3I)c(=O)oc2c1. The number of hydrogen-bond donors (Lipinski definition) is 0. The maximum absolute atomic E-state index is 13.4. The Bertz CT molecular complexity index is 1530. The first kappa shape index (κ1) is 26.7. The summed E-state index contributed by atoms with van der Waals surface area (Å²) in [5.41, 5.74) is 3.00. The molecule has 3 aromatic carbocycles. The Morgan fingerprint density at radius 1 is 1.03 bits per heavy atom. The van der Waals surface area contributed by atoms with E-state index in [1.54, 1.807) is 18.2 Å². The predicted octanol–water partition coefficient (Wildman–Crippen LogP) is 6.71. The van der Waals surface area contributed by atoms with E-state index in [0.29, 0.717) is 34.9 Å². The van der Waals surface area contributed by atoms with Gasteiger partial charge in [-0.25, -0.2) is 4.79 Å². The van der Waals surface area contributed by atoms with Crippen molar-refractivity contribution < 1.29 is 18.7 Å². The second-order valence-electron chi connectivity index (χ2n) is 9.34. The van der Waals surface area contributed by atoms with Gasteiger partial charge in [-0.2, -0.15) is 0 Å². The van der Waals surface area contributed by atoms with E-state index in [0.717, 1.165) is 51.0 Å². The molecular weight excluding hydrogens is 617 g/mol. The van der Waals surface area contributed by atoms with E-state index in [9.17, 15) is 9.59 Å². The van der Waals surface area contributed by atoms with Crippen molar-refractivity contribution in [2.45, 2.75) is 26.2 Å². The molecule has 1 aromatic heterocycles. The number of ether oxygens (including phenoxy) is 2. The number of carbonyl (C=O) groups is 1. The highest BCUT2D eigenvalue weighted by Crippen LogP contribution is 2.34. The van der Waals surface area contributed by atoms with Gasteiger partial charge in [-0.05, 0) is 102 Å². The Morgan fingerprint density at radius 3 is 2.47 bits per heavy atom. The molecule has 5 rings (SSSR count). The van der Waals surface area contributed by atoms with Gasteiger partial charge in [0.1, 0.15) is 23.7 Å². The lowest BCUT2D eigenvalue weighted by Gasteiger charge is -2.16. The number of esters is 1. The summed E-state index contributed by atoms with van der Waals surface area (Å²) in [5, 5.41) is 1.36. The fourth-order valence-corrected chi connectivity index (χ4v) is 5.97. The lowest BCUT2D eigenvalue weighted by Crippen LogP contribution is -2.25. The predicted molar refractivity (Wildman–Crippen MR) is 157 cm³/mol. The largest absolute Gasteiger partial charge is 0.492 e. The van der Waals surface area contributed by atoms with Crippen LogP contribution in [-0.4, -0.2) is 37.1 Å². The Hall–Kier alpha value is -2.88. The number of fused-ring (bicyclic) bond motifs is 1. The molecule has 0 amide bonds. The first-order chi connectivity index (χ1) is 18.4. The van der Waals surface area contributed by atoms with Crippen molar-refractivity contribution in [3.63, 3.8) is 0 Å². The lowest BCUT2D eigenvalue weighted by molar-refractivity contribution is -0.131. The summed E-state index contributed by atoms with van der Waals surface area (Å²) >= 11 is 8.38. The summed E-state index contributed by atoms with van der Waals surface area (Å²) in [4.78, 5) is 27.2. The summed E-state index contributed by atoms with van der Waals surface area (Å²) in [6, 6.07) is 18.5. The van der Waals surface area contributed by atoms with Crippen LogP contribution in [0.1, 0.15) is 30.9 Å². The van der Waals surface area contributed by atoms with Gasteiger partial charge < -0.3 is 13.9 Å². The highest BCUT2D eigenvalue weighted by Gasteiger charge is 2.20. The van der Waals surface area contributed by atoms with E-state index >= 15 is 0 Å². The van der Waals surface area contributed by atoms with Crippen molar-refractivity contribution >= 4 is 51.1 Å². The minimum atomic E-state index is -0.463. The average molecular weight is 644 g/mol. The molecule has 1 saturated heterocycles. The molecule has 196 valence electrons. The maximum atomic E-state index is 13.4. The van der Waals surface area contributed by atoms with Crippen molar-refractivity contribution in [3.05, 3.63) is 90.8 Å². The third-order valence-electron chi connectivity index (χ3n) is 6.63. The van der Waals surface area contributed by atoms with Crippen molar-refractivity contribution in [1.82, 2.24) is 4.90 Å². The smallest absolute Gasteiger partial charge is 0.344 e. The number of rotatable bonds is 8. The van der Waals surface area contributed by atoms with E-state index in [1.165, 1.54) is 19.8 Å². The topological polar surface area (TPSA) is 69.0 Å². The molecule has 1 aliphatic heterocycles. The minimum absolute atomic E-state index is 0.323. The molecule has 4 aromatic rings. The molecule has 0 unspecified atom stereocenters. The van der Waals surface area contributed by atoms with Crippen molar-refractivity contribution in [2.24, 2.45) is 0 Å². The monoisotopic (exact) mass is 643 g/mol. The van der Waals surface area contributed by atoms with E-state index in [1.807, 2.05) is 42.5 Å². The quantitative estimate of drug-likeness (QED) is 0.0921. The number of nitrogens with zero attached hydrogens (tertiary/aromatic N) is 1. The van der Waals surface area contributed by atoms with Gasteiger partial charge in [-0.15, -0.1) is 0 Å². The van der Waals surface area contributed by atoms with Crippen LogP contribution >= 0.6 is 34.2 Å². The zero-order chi connectivity index (χ0) is 26.6. The summed E-state index contributed by atoms with van der Waals surface area (Å²) in [7, 11) is 0. The number of likely N-dealkylation sites (tertiary alicyclic amines) is 1. The lowest BCUT2D eigenvalue weighted by atomic mass is 9.93. The number of halogens is 2. The van der Waals surface area contributed by atoms with Gasteiger partial charge in [0, 0.05) is 39.1 Å². The van der Waals surface area contributed by atoms with Gasteiger partial charge in [0.05, 0.1) is 5.56 Å². The molecule has 0 radical (unpaired) electrons. The Morgan fingerprint density at radius 2 is 1.76 bits per heavy atom. The number of benzene rings is 3. The van der Waals surface area contributed by atoms with Gasteiger partial charge in [-0.3, -0.25) is 9.69 Å². The molecule has 0 N–H and O–H groups in total. The van der Waals surface area contributed by atoms with Gasteiger partial charge in [0.25, 0.3) is 0 Å². The fraction of sp³-hybridized carbons (Fsp3) is 0.267. The summed E-state index contributed by atoms with van der Waals surface area (Å²) in [6.45, 7) is 5.23. The molecule has 1 fully saturated rings. The third-order valence-corrected chi connectivity index (χ3v) is 7.76. The van der Waals surface area contributed by atoms with E-state index in [4.69, 9.17) is 25.5 Å². The van der Waals surface area contributed by atoms with Crippen LogP contribution in [0, 0.1) is 3.57 Å². The fourth-order valence-electron chi connectivity index (χ4n) is 4.83. The van der Waals surface area contributed by atoms with Crippen LogP contribution in [0.4, 0.5) is 0 Å². The summed E-state index contributed by atoms with van der Waals surface area (Å²) in [6.07, 6.45) is 3.03. The van der Waals surface area contributed by atoms with Crippen molar-refractivity contribution in [3.8, 4) is 22.6 Å². The standard InChI is InChI=1S/C30H27ClINO5/c1-19(34)37-23-9-11-24-26(16-20-4-7-22(8-5-20)36-15-14-33-12-2-3-13-33)29(30(35)38-28(24)18-23)25-10-6-21(31)17-27(25)32/h4-11,17-18H,2-3,12-16H2,1H3. The molecule has 0 spiro atoms. The second kappa shape index (κ2) is 11.9. The van der Waals surface area contributed by atoms with E-state index < -0.39 is 11.6 Å². The van der Waals surface area contributed by atoms with Crippen LogP contribution in [0.25, 0.3) is 22.1 Å². The summed E-state index contributed by atoms with van der Waals surface area (Å²) in [5.74, 6) is 0.703. The van der Waals surface area contributed by atoms with Crippen LogP contribution in [0.5, 0.6) is 11.5 Å². The molecule has 0 saturated carbocycles. The zero-order valence-corrected chi connectivity index (χ0v) is 23.9. The number of hydrogen-bond acceptors (Lipinski definition) is 6. The Balaban J connectivity index is 1.49. The van der Waals surface area contributed by atoms with Crippen molar-refractivity contribution in [2.75, 3.05) is 26.2 Å². The van der Waals surface area contributed by atoms with Crippen LogP contribution in [-0.2, 0) is 11.2 Å². The first-order valence-corrected chi connectivity index (χ1v) is 14.0. The number of carbonyl (C=O) groups excluding carboxylic acids is 1. The highest BCUT2D eigenvalue weighted by atomic mass is 127. The van der Waals surface area contributed by atoms with Crippen LogP contribution < -0.4 is 15.1 Å². The summed E-state index contributed by atoms with van der Waals surface area (Å²) < 4.78 is 17.8.